The van der Waals surface area contributed by atoms with Crippen molar-refractivity contribution in [2.24, 2.45) is 0 Å². The second-order valence-corrected chi connectivity index (χ2v) is 9.23. The standard InChI is InChI=1S/C24H35NO8/c1-15-17(26)14-18(27)22(30-15)29-13-7-12-25-23(28)31-20(16-8-4-3-5-9-16)21-19-10-6-11-24(2,32-19)33-21/h3-5,8-9,15,17-22,26-27H,6-7,10-14H2,1-2H3,(H,25,28)/t15?,17?,18?,19-,20-,21+,22?,24-/m0/s1. The zero-order valence-electron chi connectivity index (χ0n) is 19.2. The number of aliphatic hydroxyl groups excluding tert-OH is 2. The van der Waals surface area contributed by atoms with E-state index in [0.717, 1.165) is 24.8 Å². The summed E-state index contributed by atoms with van der Waals surface area (Å²) in [7, 11) is 0. The highest BCUT2D eigenvalue weighted by Gasteiger charge is 2.51. The van der Waals surface area contributed by atoms with Gasteiger partial charge in [-0.1, -0.05) is 30.3 Å². The molecule has 4 unspecified atom stereocenters. The minimum atomic E-state index is -0.879. The van der Waals surface area contributed by atoms with Gasteiger partial charge in [-0.2, -0.15) is 0 Å². The predicted molar refractivity (Wildman–Crippen MR) is 117 cm³/mol. The monoisotopic (exact) mass is 465 g/mol. The summed E-state index contributed by atoms with van der Waals surface area (Å²) in [6.07, 6.45) is -0.916. The molecule has 1 amide bonds. The van der Waals surface area contributed by atoms with Gasteiger partial charge in [-0.05, 0) is 38.7 Å². The normalized spacial score (nSPS) is 36.8. The first-order chi connectivity index (χ1) is 15.8. The molecule has 3 aliphatic heterocycles. The number of amides is 1. The molecule has 9 nitrogen and oxygen atoms in total. The molecule has 33 heavy (non-hydrogen) atoms. The molecule has 3 heterocycles. The van der Waals surface area contributed by atoms with Crippen LogP contribution in [-0.4, -0.2) is 72.1 Å². The van der Waals surface area contributed by atoms with Crippen LogP contribution in [0.2, 0.25) is 0 Å². The summed E-state index contributed by atoms with van der Waals surface area (Å²) in [4.78, 5) is 12.6. The van der Waals surface area contributed by atoms with E-state index in [-0.39, 0.29) is 25.2 Å². The first kappa shape index (κ1) is 24.4. The molecule has 9 heteroatoms. The van der Waals surface area contributed by atoms with Crippen LogP contribution in [0.4, 0.5) is 4.79 Å². The lowest BCUT2D eigenvalue weighted by Crippen LogP contribution is -2.47. The Balaban J connectivity index is 1.26. The van der Waals surface area contributed by atoms with E-state index in [1.165, 1.54) is 0 Å². The fourth-order valence-electron chi connectivity index (χ4n) is 4.68. The van der Waals surface area contributed by atoms with Crippen molar-refractivity contribution in [2.75, 3.05) is 13.2 Å². The number of ether oxygens (including phenoxy) is 5. The highest BCUT2D eigenvalue weighted by Crippen LogP contribution is 2.44. The lowest BCUT2D eigenvalue weighted by molar-refractivity contribution is -0.260. The quantitative estimate of drug-likeness (QED) is 0.502. The van der Waals surface area contributed by atoms with Crippen LogP contribution < -0.4 is 5.32 Å². The molecular formula is C24H35NO8. The highest BCUT2D eigenvalue weighted by atomic mass is 16.8. The third-order valence-electron chi connectivity index (χ3n) is 6.49. The van der Waals surface area contributed by atoms with E-state index < -0.39 is 42.6 Å². The van der Waals surface area contributed by atoms with E-state index in [4.69, 9.17) is 23.7 Å². The van der Waals surface area contributed by atoms with E-state index in [1.54, 1.807) is 6.92 Å². The fraction of sp³-hybridized carbons (Fsp3) is 0.708. The van der Waals surface area contributed by atoms with Gasteiger partial charge in [-0.25, -0.2) is 4.79 Å². The van der Waals surface area contributed by atoms with Gasteiger partial charge in [0.2, 0.25) is 0 Å². The molecule has 3 aliphatic rings. The topological polar surface area (TPSA) is 116 Å². The molecule has 3 fully saturated rings. The largest absolute Gasteiger partial charge is 0.438 e. The molecule has 184 valence electrons. The Hall–Kier alpha value is -1.75. The Morgan fingerprint density at radius 3 is 2.79 bits per heavy atom. The Morgan fingerprint density at radius 2 is 2.03 bits per heavy atom. The summed E-state index contributed by atoms with van der Waals surface area (Å²) in [6, 6.07) is 9.58. The number of hydrogen-bond donors (Lipinski definition) is 3. The molecular weight excluding hydrogens is 430 g/mol. The molecule has 0 radical (unpaired) electrons. The smallest absolute Gasteiger partial charge is 0.407 e. The van der Waals surface area contributed by atoms with Gasteiger partial charge in [0.25, 0.3) is 0 Å². The van der Waals surface area contributed by atoms with Crippen LogP contribution in [0.3, 0.4) is 0 Å². The molecule has 3 N–H and O–H groups in total. The highest BCUT2D eigenvalue weighted by molar-refractivity contribution is 5.67. The zero-order chi connectivity index (χ0) is 23.4. The number of alkyl carbamates (subject to hydrolysis) is 1. The van der Waals surface area contributed by atoms with Gasteiger partial charge in [0.15, 0.2) is 18.2 Å². The molecule has 3 saturated heterocycles. The van der Waals surface area contributed by atoms with Gasteiger partial charge < -0.3 is 39.2 Å². The molecule has 0 aliphatic carbocycles. The van der Waals surface area contributed by atoms with Crippen molar-refractivity contribution in [3.8, 4) is 0 Å². The Bertz CT molecular complexity index is 779. The van der Waals surface area contributed by atoms with Gasteiger partial charge in [-0.3, -0.25) is 0 Å². The number of carbonyl (C=O) groups is 1. The molecule has 0 saturated carbocycles. The van der Waals surface area contributed by atoms with Crippen molar-refractivity contribution in [2.45, 2.75) is 94.7 Å². The minimum absolute atomic E-state index is 0.113. The van der Waals surface area contributed by atoms with E-state index in [0.29, 0.717) is 13.0 Å². The zero-order valence-corrected chi connectivity index (χ0v) is 19.2. The summed E-state index contributed by atoms with van der Waals surface area (Å²) in [5.74, 6) is -0.628. The Kier molecular flexibility index (Phi) is 7.88. The van der Waals surface area contributed by atoms with Gasteiger partial charge >= 0.3 is 6.09 Å². The van der Waals surface area contributed by atoms with Crippen LogP contribution in [-0.2, 0) is 23.7 Å². The number of rotatable bonds is 8. The van der Waals surface area contributed by atoms with Crippen molar-refractivity contribution in [3.05, 3.63) is 35.9 Å². The van der Waals surface area contributed by atoms with Crippen LogP contribution in [0.25, 0.3) is 0 Å². The Labute approximate surface area is 194 Å². The maximum absolute atomic E-state index is 12.6. The number of aliphatic hydroxyl groups is 2. The predicted octanol–water partition coefficient (Wildman–Crippen LogP) is 2.40. The maximum Gasteiger partial charge on any atom is 0.407 e. The summed E-state index contributed by atoms with van der Waals surface area (Å²) in [5.41, 5.74) is 0.862. The van der Waals surface area contributed by atoms with Crippen molar-refractivity contribution in [3.63, 3.8) is 0 Å². The number of benzene rings is 1. The van der Waals surface area contributed by atoms with Crippen LogP contribution in [0.1, 0.15) is 57.6 Å². The lowest BCUT2D eigenvalue weighted by atomic mass is 9.96. The molecule has 2 bridgehead atoms. The number of fused-ring (bicyclic) bond motifs is 2. The second-order valence-electron chi connectivity index (χ2n) is 9.23. The first-order valence-electron chi connectivity index (χ1n) is 11.8. The molecule has 0 aromatic heterocycles. The van der Waals surface area contributed by atoms with E-state index >= 15 is 0 Å². The van der Waals surface area contributed by atoms with Crippen molar-refractivity contribution >= 4 is 6.09 Å². The van der Waals surface area contributed by atoms with Gasteiger partial charge in [-0.15, -0.1) is 0 Å². The summed E-state index contributed by atoms with van der Waals surface area (Å²) in [6.45, 7) is 4.30. The number of nitrogens with one attached hydrogen (secondary N) is 1. The summed E-state index contributed by atoms with van der Waals surface area (Å²) in [5, 5.41) is 22.4. The molecule has 0 spiro atoms. The maximum atomic E-state index is 12.6. The molecule has 1 aromatic rings. The molecule has 8 atom stereocenters. The van der Waals surface area contributed by atoms with Crippen LogP contribution in [0, 0.1) is 0 Å². The third-order valence-corrected chi connectivity index (χ3v) is 6.49. The van der Waals surface area contributed by atoms with E-state index in [1.807, 2.05) is 37.3 Å². The van der Waals surface area contributed by atoms with Crippen LogP contribution in [0.15, 0.2) is 30.3 Å². The lowest BCUT2D eigenvalue weighted by Gasteiger charge is -2.35. The van der Waals surface area contributed by atoms with Crippen LogP contribution >= 0.6 is 0 Å². The molecule has 1 aromatic carbocycles. The van der Waals surface area contributed by atoms with Crippen molar-refractivity contribution in [1.82, 2.24) is 5.32 Å². The Morgan fingerprint density at radius 1 is 1.24 bits per heavy atom. The molecule has 4 rings (SSSR count). The van der Waals surface area contributed by atoms with Crippen molar-refractivity contribution < 1.29 is 38.7 Å². The van der Waals surface area contributed by atoms with E-state index in [2.05, 4.69) is 5.32 Å². The average Bonchev–Trinajstić information content (AvgIpc) is 3.03. The van der Waals surface area contributed by atoms with Gasteiger partial charge in [0.05, 0.1) is 24.9 Å². The number of carbonyl (C=O) groups excluding carboxylic acids is 1. The van der Waals surface area contributed by atoms with Crippen LogP contribution in [0.5, 0.6) is 0 Å². The van der Waals surface area contributed by atoms with Crippen molar-refractivity contribution in [1.29, 1.82) is 0 Å². The third kappa shape index (κ3) is 6.03. The average molecular weight is 466 g/mol. The summed E-state index contributed by atoms with van der Waals surface area (Å²) < 4.78 is 29.2. The van der Waals surface area contributed by atoms with Gasteiger partial charge in [0, 0.05) is 19.4 Å². The van der Waals surface area contributed by atoms with E-state index in [9.17, 15) is 15.0 Å². The minimum Gasteiger partial charge on any atom is -0.438 e. The SMILES string of the molecule is CC1OC(OCCCNC(=O)O[C@@H](c2ccccc2)[C@@H]2O[C@@]3(C)CCC[C@@H]2O3)C(O)CC1O. The second kappa shape index (κ2) is 10.7. The summed E-state index contributed by atoms with van der Waals surface area (Å²) >= 11 is 0. The number of hydrogen-bond acceptors (Lipinski definition) is 8. The fourth-order valence-corrected chi connectivity index (χ4v) is 4.68. The van der Waals surface area contributed by atoms with Gasteiger partial charge in [0.1, 0.15) is 12.2 Å². The first-order valence-corrected chi connectivity index (χ1v) is 11.8.